The largest absolute Gasteiger partial charge is 0.492 e. The topological polar surface area (TPSA) is 99.0 Å². The van der Waals surface area contributed by atoms with Gasteiger partial charge >= 0.3 is 0 Å². The smallest absolute Gasteiger partial charge is 0.261 e. The summed E-state index contributed by atoms with van der Waals surface area (Å²) in [5.41, 5.74) is 0.864. The molecule has 0 aliphatic rings. The molecule has 3 rings (SSSR count). The Bertz CT molecular complexity index is 1020. The van der Waals surface area contributed by atoms with E-state index in [1.807, 2.05) is 13.8 Å². The van der Waals surface area contributed by atoms with Crippen molar-refractivity contribution in [3.8, 4) is 11.4 Å². The number of tetrazole rings is 1. The molecule has 1 heterocycles. The number of aromatic nitrogens is 4. The molecule has 0 aliphatic heterocycles. The predicted molar refractivity (Wildman–Crippen MR) is 102 cm³/mol. The van der Waals surface area contributed by atoms with Crippen LogP contribution in [0.15, 0.2) is 53.7 Å². The van der Waals surface area contributed by atoms with Crippen LogP contribution >= 0.6 is 11.6 Å². The Labute approximate surface area is 162 Å². The number of ether oxygens (including phenoxy) is 1. The van der Waals surface area contributed by atoms with Gasteiger partial charge in [0.15, 0.2) is 0 Å². The summed E-state index contributed by atoms with van der Waals surface area (Å²) in [6.07, 6.45) is 1.38. The second-order valence-electron chi connectivity index (χ2n) is 6.21. The zero-order valence-electron chi connectivity index (χ0n) is 14.7. The second-order valence-corrected chi connectivity index (χ2v) is 8.30. The Kier molecular flexibility index (Phi) is 5.62. The number of nitrogens with zero attached hydrogens (tertiary/aromatic N) is 4. The summed E-state index contributed by atoms with van der Waals surface area (Å²) in [5, 5.41) is 11.2. The van der Waals surface area contributed by atoms with Gasteiger partial charge in [-0.1, -0.05) is 31.5 Å². The molecule has 0 bridgehead atoms. The third kappa shape index (κ3) is 4.75. The van der Waals surface area contributed by atoms with Gasteiger partial charge in [0, 0.05) is 0 Å². The van der Waals surface area contributed by atoms with Gasteiger partial charge < -0.3 is 4.74 Å². The highest BCUT2D eigenvalue weighted by molar-refractivity contribution is 7.92. The zero-order chi connectivity index (χ0) is 19.4. The SMILES string of the molecule is CC(C)COc1ccc(NS(=O)(=O)c2cccc(-n3cnnn3)c2)cc1Cl. The van der Waals surface area contributed by atoms with Gasteiger partial charge in [-0.25, -0.2) is 13.1 Å². The molecule has 10 heteroatoms. The van der Waals surface area contributed by atoms with Crippen LogP contribution in [0.2, 0.25) is 5.02 Å². The van der Waals surface area contributed by atoms with Crippen LogP contribution in [0.5, 0.6) is 5.75 Å². The molecule has 8 nitrogen and oxygen atoms in total. The van der Waals surface area contributed by atoms with Crippen molar-refractivity contribution < 1.29 is 13.2 Å². The monoisotopic (exact) mass is 407 g/mol. The Hall–Kier alpha value is -2.65. The highest BCUT2D eigenvalue weighted by Gasteiger charge is 2.16. The van der Waals surface area contributed by atoms with Crippen molar-refractivity contribution in [2.24, 2.45) is 5.92 Å². The van der Waals surface area contributed by atoms with E-state index in [-0.39, 0.29) is 4.90 Å². The van der Waals surface area contributed by atoms with Crippen molar-refractivity contribution in [3.63, 3.8) is 0 Å². The molecule has 0 atom stereocenters. The molecule has 0 unspecified atom stereocenters. The lowest BCUT2D eigenvalue weighted by Crippen LogP contribution is -2.13. The van der Waals surface area contributed by atoms with E-state index in [1.165, 1.54) is 29.2 Å². The minimum absolute atomic E-state index is 0.0757. The van der Waals surface area contributed by atoms with Crippen LogP contribution in [-0.2, 0) is 10.0 Å². The first-order chi connectivity index (χ1) is 12.8. The van der Waals surface area contributed by atoms with Crippen molar-refractivity contribution in [1.29, 1.82) is 0 Å². The number of hydrogen-bond donors (Lipinski definition) is 1. The fourth-order valence-corrected chi connectivity index (χ4v) is 3.55. The first-order valence-electron chi connectivity index (χ1n) is 8.14. The van der Waals surface area contributed by atoms with E-state index in [0.29, 0.717) is 34.7 Å². The number of rotatable bonds is 7. The fraction of sp³-hybridized carbons (Fsp3) is 0.235. The molecule has 2 aromatic carbocycles. The summed E-state index contributed by atoms with van der Waals surface area (Å²) in [7, 11) is -3.81. The number of benzene rings is 2. The summed E-state index contributed by atoms with van der Waals surface area (Å²) in [6.45, 7) is 4.58. The van der Waals surface area contributed by atoms with Crippen LogP contribution in [0, 0.1) is 5.92 Å². The van der Waals surface area contributed by atoms with Gasteiger partial charge in [0.05, 0.1) is 27.9 Å². The third-order valence-electron chi connectivity index (χ3n) is 3.50. The van der Waals surface area contributed by atoms with E-state index in [9.17, 15) is 8.42 Å². The maximum absolute atomic E-state index is 12.7. The minimum atomic E-state index is -3.81. The van der Waals surface area contributed by atoms with Crippen molar-refractivity contribution >= 4 is 27.3 Å². The summed E-state index contributed by atoms with van der Waals surface area (Å²) in [6, 6.07) is 11.0. The average Bonchev–Trinajstić information content (AvgIpc) is 3.15. The van der Waals surface area contributed by atoms with Gasteiger partial charge in [0.25, 0.3) is 10.0 Å². The minimum Gasteiger partial charge on any atom is -0.492 e. The van der Waals surface area contributed by atoms with Crippen LogP contribution in [0.1, 0.15) is 13.8 Å². The molecule has 0 saturated heterocycles. The van der Waals surface area contributed by atoms with Crippen LogP contribution in [0.25, 0.3) is 5.69 Å². The van der Waals surface area contributed by atoms with E-state index >= 15 is 0 Å². The average molecular weight is 408 g/mol. The van der Waals surface area contributed by atoms with Crippen molar-refractivity contribution in [3.05, 3.63) is 53.8 Å². The van der Waals surface area contributed by atoms with E-state index in [2.05, 4.69) is 20.2 Å². The molecule has 3 aromatic rings. The normalized spacial score (nSPS) is 11.6. The molecule has 1 N–H and O–H groups in total. The lowest BCUT2D eigenvalue weighted by atomic mass is 10.2. The van der Waals surface area contributed by atoms with Crippen LogP contribution < -0.4 is 9.46 Å². The molecule has 0 spiro atoms. The highest BCUT2D eigenvalue weighted by atomic mass is 35.5. The summed E-state index contributed by atoms with van der Waals surface area (Å²) in [4.78, 5) is 0.0757. The number of halogens is 1. The third-order valence-corrected chi connectivity index (χ3v) is 5.17. The van der Waals surface area contributed by atoms with Gasteiger partial charge in [-0.3, -0.25) is 4.72 Å². The maximum Gasteiger partial charge on any atom is 0.261 e. The van der Waals surface area contributed by atoms with E-state index in [4.69, 9.17) is 16.3 Å². The molecule has 27 heavy (non-hydrogen) atoms. The molecule has 1 aromatic heterocycles. The van der Waals surface area contributed by atoms with Gasteiger partial charge in [0.2, 0.25) is 0 Å². The molecule has 142 valence electrons. The zero-order valence-corrected chi connectivity index (χ0v) is 16.3. The molecule has 0 radical (unpaired) electrons. The fourth-order valence-electron chi connectivity index (χ4n) is 2.22. The van der Waals surface area contributed by atoms with Crippen LogP contribution in [-0.4, -0.2) is 35.2 Å². The first kappa shape index (κ1) is 19.1. The number of anilines is 1. The Morgan fingerprint density at radius 2 is 2.04 bits per heavy atom. The molecule has 0 amide bonds. The number of nitrogens with one attached hydrogen (secondary N) is 1. The second kappa shape index (κ2) is 7.93. The van der Waals surface area contributed by atoms with Crippen molar-refractivity contribution in [2.45, 2.75) is 18.7 Å². The van der Waals surface area contributed by atoms with E-state index < -0.39 is 10.0 Å². The lowest BCUT2D eigenvalue weighted by molar-refractivity contribution is 0.271. The lowest BCUT2D eigenvalue weighted by Gasteiger charge is -2.13. The Morgan fingerprint density at radius 3 is 2.70 bits per heavy atom. The quantitative estimate of drug-likeness (QED) is 0.645. The molecule has 0 fully saturated rings. The Balaban J connectivity index is 1.80. The van der Waals surface area contributed by atoms with E-state index in [0.717, 1.165) is 0 Å². The maximum atomic E-state index is 12.7. The summed E-state index contributed by atoms with van der Waals surface area (Å²) in [5.74, 6) is 0.862. The van der Waals surface area contributed by atoms with Crippen molar-refractivity contribution in [1.82, 2.24) is 20.2 Å². The van der Waals surface area contributed by atoms with Gasteiger partial charge in [-0.15, -0.1) is 5.10 Å². The van der Waals surface area contributed by atoms with Gasteiger partial charge in [0.1, 0.15) is 12.1 Å². The van der Waals surface area contributed by atoms with Crippen molar-refractivity contribution in [2.75, 3.05) is 11.3 Å². The summed E-state index contributed by atoms with van der Waals surface area (Å²) >= 11 is 6.20. The van der Waals surface area contributed by atoms with Gasteiger partial charge in [-0.2, -0.15) is 0 Å². The van der Waals surface area contributed by atoms with Crippen LogP contribution in [0.4, 0.5) is 5.69 Å². The first-order valence-corrected chi connectivity index (χ1v) is 10.00. The summed E-state index contributed by atoms with van der Waals surface area (Å²) < 4.78 is 34.9. The van der Waals surface area contributed by atoms with E-state index in [1.54, 1.807) is 24.3 Å². The Morgan fingerprint density at radius 1 is 1.22 bits per heavy atom. The predicted octanol–water partition coefficient (Wildman–Crippen LogP) is 3.15. The molecule has 0 saturated carbocycles. The molecular weight excluding hydrogens is 390 g/mol. The van der Waals surface area contributed by atoms with Gasteiger partial charge in [-0.05, 0) is 52.7 Å². The number of hydrogen-bond acceptors (Lipinski definition) is 6. The van der Waals surface area contributed by atoms with Crippen LogP contribution in [0.3, 0.4) is 0 Å². The highest BCUT2D eigenvalue weighted by Crippen LogP contribution is 2.29. The number of sulfonamides is 1. The molecule has 0 aliphatic carbocycles. The standard InChI is InChI=1S/C17H18ClN5O3S/c1-12(2)10-26-17-7-6-13(8-16(17)18)20-27(24,25)15-5-3-4-14(9-15)23-11-19-21-22-23/h3-9,11-12,20H,10H2,1-2H3. The molecular formula is C17H18ClN5O3S.